The summed E-state index contributed by atoms with van der Waals surface area (Å²) in [5.41, 5.74) is 8.12. The molecule has 4 rings (SSSR count). The van der Waals surface area contributed by atoms with Gasteiger partial charge in [0.25, 0.3) is 5.69 Å². The number of nitrogens with zero attached hydrogens (tertiary/aromatic N) is 5. The number of nitrogens with two attached hydrogens (primary N) is 1. The number of halogens is 3. The van der Waals surface area contributed by atoms with E-state index < -0.39 is 28.7 Å². The third-order valence-electron chi connectivity index (χ3n) is 8.20. The molecule has 0 fully saturated rings. The van der Waals surface area contributed by atoms with Crippen LogP contribution in [0.5, 0.6) is 0 Å². The van der Waals surface area contributed by atoms with Gasteiger partial charge in [-0.05, 0) is 59.6 Å². The van der Waals surface area contributed by atoms with Crippen LogP contribution in [0.3, 0.4) is 0 Å². The van der Waals surface area contributed by atoms with Crippen molar-refractivity contribution in [3.8, 4) is 6.07 Å². The fraction of sp³-hybridized carbons (Fsp3) is 0.294. The maximum Gasteiger partial charge on any atom is 0.416 e. The molecule has 250 valence electrons. The Morgan fingerprint density at radius 3 is 2.42 bits per heavy atom. The van der Waals surface area contributed by atoms with Crippen LogP contribution in [0.15, 0.2) is 85.3 Å². The number of nitrogens with one attached hydrogen (secondary N) is 1. The van der Waals surface area contributed by atoms with Crippen molar-refractivity contribution in [2.45, 2.75) is 52.1 Å². The average Bonchev–Trinajstić information content (AvgIpc) is 3.49. The summed E-state index contributed by atoms with van der Waals surface area (Å²) in [6.07, 6.45) is -2.12. The van der Waals surface area contributed by atoms with Crippen molar-refractivity contribution < 1.29 is 22.9 Å². The van der Waals surface area contributed by atoms with Gasteiger partial charge in [-0.3, -0.25) is 14.9 Å². The second-order valence-corrected chi connectivity index (χ2v) is 11.8. The summed E-state index contributed by atoms with van der Waals surface area (Å²) in [5.74, 6) is -1.39. The van der Waals surface area contributed by atoms with Crippen molar-refractivity contribution in [1.82, 2.24) is 14.5 Å². The van der Waals surface area contributed by atoms with Gasteiger partial charge in [-0.15, -0.1) is 0 Å². The first kappa shape index (κ1) is 35.7. The Bertz CT molecular complexity index is 1790. The highest BCUT2D eigenvalue weighted by molar-refractivity contribution is 7.80. The van der Waals surface area contributed by atoms with Crippen molar-refractivity contribution in [1.29, 1.82) is 5.26 Å². The Labute approximate surface area is 281 Å². The number of carbonyl (C=O) groups excluding carboxylic acids is 1. The Hall–Kier alpha value is -5.13. The molecule has 3 atom stereocenters. The highest BCUT2D eigenvalue weighted by Gasteiger charge is 2.38. The van der Waals surface area contributed by atoms with E-state index in [-0.39, 0.29) is 41.0 Å². The van der Waals surface area contributed by atoms with Gasteiger partial charge in [0.2, 0.25) is 0 Å². The summed E-state index contributed by atoms with van der Waals surface area (Å²) < 4.78 is 43.9. The topological polar surface area (TPSA) is 143 Å². The molecule has 0 amide bonds. The van der Waals surface area contributed by atoms with E-state index in [1.165, 1.54) is 47.4 Å². The number of hydrogen-bond acceptors (Lipinski definition) is 7. The second kappa shape index (κ2) is 15.6. The van der Waals surface area contributed by atoms with Crippen LogP contribution in [-0.2, 0) is 30.5 Å². The molecule has 0 spiro atoms. The molecule has 10 nitrogen and oxygen atoms in total. The SMILES string of the molecule is CC[C@H](C)[C@H](C(=O)Cc1cncn1Cc1ccc(C#N)cc1)C(N)N(Cc1ccccc1C(F)(F)F)C(=S)Nc1ccc([N+](=O)[O-])cc1. The van der Waals surface area contributed by atoms with Gasteiger partial charge in [0, 0.05) is 49.2 Å². The van der Waals surface area contributed by atoms with Crippen LogP contribution in [0.1, 0.15) is 48.2 Å². The number of imidazole rings is 1. The minimum atomic E-state index is -4.65. The molecule has 0 saturated carbocycles. The van der Waals surface area contributed by atoms with Gasteiger partial charge in [0.1, 0.15) is 5.78 Å². The van der Waals surface area contributed by atoms with Crippen molar-refractivity contribution in [2.24, 2.45) is 17.6 Å². The van der Waals surface area contributed by atoms with Crippen molar-refractivity contribution in [3.63, 3.8) is 0 Å². The van der Waals surface area contributed by atoms with E-state index in [0.29, 0.717) is 29.9 Å². The maximum atomic E-state index is 14.1. The molecule has 0 bridgehead atoms. The molecule has 0 aliphatic rings. The lowest BCUT2D eigenvalue weighted by molar-refractivity contribution is -0.384. The molecule has 14 heteroatoms. The van der Waals surface area contributed by atoms with E-state index in [1.54, 1.807) is 24.7 Å². The van der Waals surface area contributed by atoms with Crippen molar-refractivity contribution >= 4 is 34.5 Å². The molecule has 3 aromatic carbocycles. The Morgan fingerprint density at radius 2 is 1.81 bits per heavy atom. The normalized spacial score (nSPS) is 13.2. The number of ketones is 1. The van der Waals surface area contributed by atoms with Gasteiger partial charge in [-0.2, -0.15) is 18.4 Å². The molecule has 0 aliphatic heterocycles. The van der Waals surface area contributed by atoms with Crippen molar-refractivity contribution in [3.05, 3.63) is 123 Å². The largest absolute Gasteiger partial charge is 0.416 e. The molecule has 1 unspecified atom stereocenters. The number of nitro benzene ring substituents is 1. The zero-order valence-corrected chi connectivity index (χ0v) is 27.0. The molecule has 0 saturated heterocycles. The van der Waals surface area contributed by atoms with Crippen LogP contribution in [0.2, 0.25) is 0 Å². The minimum Gasteiger partial charge on any atom is -0.333 e. The van der Waals surface area contributed by atoms with Crippen molar-refractivity contribution in [2.75, 3.05) is 5.32 Å². The Balaban J connectivity index is 1.66. The fourth-order valence-electron chi connectivity index (χ4n) is 5.40. The monoisotopic (exact) mass is 677 g/mol. The van der Waals surface area contributed by atoms with Gasteiger partial charge >= 0.3 is 6.18 Å². The summed E-state index contributed by atoms with van der Waals surface area (Å²) in [6.45, 7) is 3.78. The number of anilines is 1. The quantitative estimate of drug-likeness (QED) is 0.0685. The van der Waals surface area contributed by atoms with Crippen LogP contribution in [0.25, 0.3) is 0 Å². The third kappa shape index (κ3) is 8.81. The van der Waals surface area contributed by atoms with E-state index in [2.05, 4.69) is 16.4 Å². The predicted molar refractivity (Wildman–Crippen MR) is 178 cm³/mol. The molecule has 0 radical (unpaired) electrons. The molecule has 4 aromatic rings. The average molecular weight is 678 g/mol. The van der Waals surface area contributed by atoms with Gasteiger partial charge in [0.15, 0.2) is 5.11 Å². The number of rotatable bonds is 13. The van der Waals surface area contributed by atoms with Crippen LogP contribution < -0.4 is 11.1 Å². The molecular formula is C34H34F3N7O3S. The van der Waals surface area contributed by atoms with Gasteiger partial charge in [-0.25, -0.2) is 4.98 Å². The Morgan fingerprint density at radius 1 is 1.15 bits per heavy atom. The lowest BCUT2D eigenvalue weighted by Gasteiger charge is -2.38. The van der Waals surface area contributed by atoms with E-state index in [4.69, 9.17) is 23.2 Å². The first-order valence-corrected chi connectivity index (χ1v) is 15.5. The summed E-state index contributed by atoms with van der Waals surface area (Å²) in [6, 6.07) is 19.6. The number of Topliss-reactive ketones (excluding diaryl/α,β-unsaturated/α-hetero) is 1. The molecule has 1 aromatic heterocycles. The first-order valence-electron chi connectivity index (χ1n) is 15.1. The lowest BCUT2D eigenvalue weighted by Crippen LogP contribution is -2.55. The number of thiocarbonyl (C=S) groups is 1. The number of nitro groups is 1. The first-order chi connectivity index (χ1) is 22.8. The molecular weight excluding hydrogens is 643 g/mol. The standard InChI is InChI=1S/C34H34F3N7O3S/c1-3-22(2)31(30(45)16-28-18-40-21-42(28)19-24-10-8-23(17-38)9-11-24)32(39)43(20-25-6-4-5-7-29(25)34(35,36)37)33(48)41-26-12-14-27(15-13-26)44(46)47/h4-15,18,21-22,31-32H,3,16,19-20,39H2,1-2H3,(H,41,48)/t22-,31+,32?/m0/s1. The second-order valence-electron chi connectivity index (χ2n) is 11.4. The molecule has 1 heterocycles. The summed E-state index contributed by atoms with van der Waals surface area (Å²) in [5, 5.41) is 23.1. The minimum absolute atomic E-state index is 0.0471. The fourth-order valence-corrected chi connectivity index (χ4v) is 5.70. The number of aromatic nitrogens is 2. The number of non-ortho nitro benzene ring substituents is 1. The maximum absolute atomic E-state index is 14.1. The summed E-state index contributed by atoms with van der Waals surface area (Å²) in [7, 11) is 0. The molecule has 0 aliphatic carbocycles. The van der Waals surface area contributed by atoms with Gasteiger partial charge in [0.05, 0.1) is 40.5 Å². The number of nitriles is 1. The van der Waals surface area contributed by atoms with E-state index in [0.717, 1.165) is 11.6 Å². The summed E-state index contributed by atoms with van der Waals surface area (Å²) in [4.78, 5) is 30.3. The van der Waals surface area contributed by atoms with E-state index in [1.807, 2.05) is 30.5 Å². The van der Waals surface area contributed by atoms with Crippen LogP contribution in [0.4, 0.5) is 24.5 Å². The zero-order valence-electron chi connectivity index (χ0n) is 26.2. The van der Waals surface area contributed by atoms with Gasteiger partial charge in [-0.1, -0.05) is 50.6 Å². The van der Waals surface area contributed by atoms with Crippen LogP contribution in [-0.4, -0.2) is 36.4 Å². The number of carbonyl (C=O) groups is 1. The number of benzene rings is 3. The number of alkyl halides is 3. The summed E-state index contributed by atoms with van der Waals surface area (Å²) >= 11 is 5.68. The lowest BCUT2D eigenvalue weighted by atomic mass is 9.83. The predicted octanol–water partition coefficient (Wildman–Crippen LogP) is 6.69. The smallest absolute Gasteiger partial charge is 0.333 e. The number of hydrogen-bond donors (Lipinski definition) is 2. The van der Waals surface area contributed by atoms with E-state index >= 15 is 0 Å². The third-order valence-corrected chi connectivity index (χ3v) is 8.54. The van der Waals surface area contributed by atoms with E-state index in [9.17, 15) is 28.1 Å². The zero-order chi connectivity index (χ0) is 35.0. The highest BCUT2D eigenvalue weighted by Crippen LogP contribution is 2.34. The van der Waals surface area contributed by atoms with Gasteiger partial charge < -0.3 is 20.5 Å². The highest BCUT2D eigenvalue weighted by atomic mass is 32.1. The van der Waals surface area contributed by atoms with Crippen LogP contribution >= 0.6 is 12.2 Å². The molecule has 48 heavy (non-hydrogen) atoms. The molecule has 3 N–H and O–H groups in total. The van der Waals surface area contributed by atoms with Crippen LogP contribution in [0, 0.1) is 33.3 Å². The Kier molecular flexibility index (Phi) is 11.6.